The second-order valence-corrected chi connectivity index (χ2v) is 4.00. The summed E-state index contributed by atoms with van der Waals surface area (Å²) in [5.74, 6) is -1.47. The lowest BCUT2D eigenvalue weighted by Crippen LogP contribution is -2.34. The third-order valence-corrected chi connectivity index (χ3v) is 1.75. The summed E-state index contributed by atoms with van der Waals surface area (Å²) >= 11 is 5.26. The van der Waals surface area contributed by atoms with E-state index in [-0.39, 0.29) is 0 Å². The zero-order valence-corrected chi connectivity index (χ0v) is 8.44. The van der Waals surface area contributed by atoms with Gasteiger partial charge in [-0.3, -0.25) is 9.59 Å². The molecule has 0 saturated carbocycles. The first-order valence-electron chi connectivity index (χ1n) is 3.58. The van der Waals surface area contributed by atoms with Crippen molar-refractivity contribution in [1.29, 1.82) is 0 Å². The van der Waals surface area contributed by atoms with Gasteiger partial charge in [-0.1, -0.05) is 20.8 Å². The maximum Gasteiger partial charge on any atom is 0.318 e. The van der Waals surface area contributed by atoms with Crippen LogP contribution in [-0.4, -0.2) is 18.3 Å². The van der Waals surface area contributed by atoms with Gasteiger partial charge < -0.3 is 4.74 Å². The van der Waals surface area contributed by atoms with Crippen LogP contribution in [0.25, 0.3) is 0 Å². The van der Waals surface area contributed by atoms with Crippen molar-refractivity contribution in [2.75, 3.05) is 7.11 Å². The first kappa shape index (κ1) is 11.4. The molecular weight excluding hydrogens is 180 g/mol. The van der Waals surface area contributed by atoms with Crippen LogP contribution >= 0.6 is 11.6 Å². The number of ether oxygens (including phenoxy) is 1. The Balaban J connectivity index is 4.68. The standard InChI is InChI=1S/C8H13ClO3/c1-8(2,3)5(6(9)10)7(11)12-4/h5H,1-4H3. The van der Waals surface area contributed by atoms with Gasteiger partial charge in [0.05, 0.1) is 7.11 Å². The Hall–Kier alpha value is -0.570. The number of hydrogen-bond donors (Lipinski definition) is 0. The SMILES string of the molecule is COC(=O)C(C(=O)Cl)C(C)(C)C. The van der Waals surface area contributed by atoms with E-state index in [0.29, 0.717) is 0 Å². The Labute approximate surface area is 77.0 Å². The minimum Gasteiger partial charge on any atom is -0.468 e. The van der Waals surface area contributed by atoms with Crippen LogP contribution in [-0.2, 0) is 14.3 Å². The molecule has 3 nitrogen and oxygen atoms in total. The molecule has 0 aliphatic heterocycles. The number of methoxy groups -OCH3 is 1. The summed E-state index contributed by atoms with van der Waals surface area (Å²) < 4.78 is 4.46. The fourth-order valence-corrected chi connectivity index (χ4v) is 1.32. The summed E-state index contributed by atoms with van der Waals surface area (Å²) in [5, 5.41) is -0.672. The molecule has 0 aromatic rings. The maximum atomic E-state index is 11.1. The third-order valence-electron chi connectivity index (χ3n) is 1.53. The van der Waals surface area contributed by atoms with Gasteiger partial charge in [-0.15, -0.1) is 0 Å². The van der Waals surface area contributed by atoms with Crippen molar-refractivity contribution >= 4 is 22.8 Å². The van der Waals surface area contributed by atoms with Gasteiger partial charge >= 0.3 is 5.97 Å². The maximum absolute atomic E-state index is 11.1. The number of halogens is 1. The summed E-state index contributed by atoms with van der Waals surface area (Å²) in [7, 11) is 1.24. The number of carbonyl (C=O) groups is 2. The Morgan fingerprint density at radius 2 is 1.75 bits per heavy atom. The van der Waals surface area contributed by atoms with E-state index in [1.54, 1.807) is 20.8 Å². The van der Waals surface area contributed by atoms with Crippen LogP contribution in [0.1, 0.15) is 20.8 Å². The van der Waals surface area contributed by atoms with Crippen molar-refractivity contribution in [2.45, 2.75) is 20.8 Å². The van der Waals surface area contributed by atoms with Crippen LogP contribution < -0.4 is 0 Å². The van der Waals surface area contributed by atoms with E-state index < -0.39 is 22.5 Å². The summed E-state index contributed by atoms with van der Waals surface area (Å²) in [5.41, 5.74) is -0.494. The van der Waals surface area contributed by atoms with E-state index in [1.165, 1.54) is 7.11 Å². The van der Waals surface area contributed by atoms with Crippen molar-refractivity contribution in [3.8, 4) is 0 Å². The second-order valence-electron chi connectivity index (χ2n) is 3.63. The highest BCUT2D eigenvalue weighted by Crippen LogP contribution is 2.28. The molecule has 0 amide bonds. The van der Waals surface area contributed by atoms with Crippen LogP contribution in [0.4, 0.5) is 0 Å². The first-order chi connectivity index (χ1) is 5.30. The Morgan fingerprint density at radius 1 is 1.33 bits per heavy atom. The summed E-state index contributed by atoms with van der Waals surface area (Å²) in [6.07, 6.45) is 0. The highest BCUT2D eigenvalue weighted by atomic mass is 35.5. The molecule has 0 heterocycles. The molecule has 0 rings (SSSR count). The monoisotopic (exact) mass is 192 g/mol. The predicted molar refractivity (Wildman–Crippen MR) is 45.8 cm³/mol. The molecule has 1 unspecified atom stereocenters. The van der Waals surface area contributed by atoms with Crippen LogP contribution in [0, 0.1) is 11.3 Å². The Morgan fingerprint density at radius 3 is 1.83 bits per heavy atom. The Kier molecular flexibility index (Phi) is 3.71. The zero-order valence-electron chi connectivity index (χ0n) is 7.68. The highest BCUT2D eigenvalue weighted by Gasteiger charge is 2.37. The first-order valence-corrected chi connectivity index (χ1v) is 3.95. The van der Waals surface area contributed by atoms with Crippen molar-refractivity contribution in [2.24, 2.45) is 11.3 Å². The summed E-state index contributed by atoms with van der Waals surface area (Å²) in [6, 6.07) is 0. The van der Waals surface area contributed by atoms with E-state index in [9.17, 15) is 9.59 Å². The van der Waals surface area contributed by atoms with Crippen LogP contribution in [0.2, 0.25) is 0 Å². The van der Waals surface area contributed by atoms with Gasteiger partial charge in [0.15, 0.2) is 0 Å². The van der Waals surface area contributed by atoms with Gasteiger partial charge in [-0.2, -0.15) is 0 Å². The van der Waals surface area contributed by atoms with E-state index >= 15 is 0 Å². The Bertz CT molecular complexity index is 193. The van der Waals surface area contributed by atoms with Gasteiger partial charge in [0.2, 0.25) is 5.24 Å². The van der Waals surface area contributed by atoms with Crippen LogP contribution in [0.3, 0.4) is 0 Å². The van der Waals surface area contributed by atoms with Gasteiger partial charge in [-0.25, -0.2) is 0 Å². The molecule has 0 aromatic heterocycles. The summed E-state index contributed by atoms with van der Waals surface area (Å²) in [6.45, 7) is 5.28. The lowest BCUT2D eigenvalue weighted by molar-refractivity contribution is -0.151. The zero-order chi connectivity index (χ0) is 9.94. The van der Waals surface area contributed by atoms with Gasteiger partial charge in [0.25, 0.3) is 0 Å². The smallest absolute Gasteiger partial charge is 0.318 e. The molecular formula is C8H13ClO3. The van der Waals surface area contributed by atoms with E-state index in [2.05, 4.69) is 4.74 Å². The molecule has 0 bridgehead atoms. The van der Waals surface area contributed by atoms with Crippen molar-refractivity contribution in [1.82, 2.24) is 0 Å². The van der Waals surface area contributed by atoms with Gasteiger partial charge in [0.1, 0.15) is 5.92 Å². The topological polar surface area (TPSA) is 43.4 Å². The molecule has 0 aromatic carbocycles. The lowest BCUT2D eigenvalue weighted by atomic mass is 9.81. The van der Waals surface area contributed by atoms with E-state index in [1.807, 2.05) is 0 Å². The minimum atomic E-state index is -0.885. The van der Waals surface area contributed by atoms with E-state index in [0.717, 1.165) is 0 Å². The lowest BCUT2D eigenvalue weighted by Gasteiger charge is -2.24. The predicted octanol–water partition coefficient (Wildman–Crippen LogP) is 1.59. The molecule has 12 heavy (non-hydrogen) atoms. The highest BCUT2D eigenvalue weighted by molar-refractivity contribution is 6.65. The normalized spacial score (nSPS) is 13.8. The number of carbonyl (C=O) groups excluding carboxylic acids is 2. The molecule has 1 atom stereocenters. The van der Waals surface area contributed by atoms with Crippen molar-refractivity contribution < 1.29 is 14.3 Å². The molecule has 0 N–H and O–H groups in total. The summed E-state index contributed by atoms with van der Waals surface area (Å²) in [4.78, 5) is 21.9. The second kappa shape index (κ2) is 3.90. The molecule has 70 valence electrons. The fraction of sp³-hybridized carbons (Fsp3) is 0.750. The van der Waals surface area contributed by atoms with E-state index in [4.69, 9.17) is 11.6 Å². The van der Waals surface area contributed by atoms with Gasteiger partial charge in [-0.05, 0) is 17.0 Å². The van der Waals surface area contributed by atoms with Crippen molar-refractivity contribution in [3.63, 3.8) is 0 Å². The minimum absolute atomic E-state index is 0.494. The molecule has 0 saturated heterocycles. The molecule has 0 radical (unpaired) electrons. The molecule has 0 spiro atoms. The average molecular weight is 193 g/mol. The quantitative estimate of drug-likeness (QED) is 0.379. The molecule has 0 fully saturated rings. The van der Waals surface area contributed by atoms with Crippen molar-refractivity contribution in [3.05, 3.63) is 0 Å². The fourth-order valence-electron chi connectivity index (χ4n) is 0.905. The molecule has 0 aliphatic carbocycles. The van der Waals surface area contributed by atoms with Crippen LogP contribution in [0.15, 0.2) is 0 Å². The average Bonchev–Trinajstić information content (AvgIpc) is 1.83. The third kappa shape index (κ3) is 2.81. The van der Waals surface area contributed by atoms with Gasteiger partial charge in [0, 0.05) is 0 Å². The molecule has 4 heteroatoms. The number of hydrogen-bond acceptors (Lipinski definition) is 3. The number of rotatable bonds is 2. The largest absolute Gasteiger partial charge is 0.468 e. The number of esters is 1. The van der Waals surface area contributed by atoms with Crippen LogP contribution in [0.5, 0.6) is 0 Å². The molecule has 0 aliphatic rings.